The van der Waals surface area contributed by atoms with Crippen molar-refractivity contribution in [3.05, 3.63) is 75.1 Å². The van der Waals surface area contributed by atoms with E-state index >= 15 is 0 Å². The van der Waals surface area contributed by atoms with Crippen LogP contribution in [0.1, 0.15) is 22.5 Å². The van der Waals surface area contributed by atoms with Crippen molar-refractivity contribution in [3.8, 4) is 11.1 Å². The number of anilines is 1. The van der Waals surface area contributed by atoms with Gasteiger partial charge in [0.1, 0.15) is 6.67 Å². The summed E-state index contributed by atoms with van der Waals surface area (Å²) in [6, 6.07) is 13.4. The molecule has 6 nitrogen and oxygen atoms in total. The average Bonchev–Trinajstić information content (AvgIpc) is 3.10. The fourth-order valence-corrected chi connectivity index (χ4v) is 3.42. The molecule has 0 fully saturated rings. The van der Waals surface area contributed by atoms with Gasteiger partial charge in [-0.25, -0.2) is 0 Å². The molecular formula is C19H18N4O2. The number of nitrogens with zero attached hydrogens (tertiary/aromatic N) is 3. The third-order valence-corrected chi connectivity index (χ3v) is 4.61. The van der Waals surface area contributed by atoms with Gasteiger partial charge in [-0.15, -0.1) is 0 Å². The molecule has 0 unspecified atom stereocenters. The van der Waals surface area contributed by atoms with Crippen LogP contribution in [0.3, 0.4) is 0 Å². The summed E-state index contributed by atoms with van der Waals surface area (Å²) in [5, 5.41) is 18.8. The zero-order chi connectivity index (χ0) is 17.6. The highest BCUT2D eigenvalue weighted by molar-refractivity contribution is 5.79. The molecule has 0 aliphatic heterocycles. The van der Waals surface area contributed by atoms with Crippen LogP contribution in [0.5, 0.6) is 0 Å². The van der Waals surface area contributed by atoms with E-state index in [1.807, 2.05) is 36.7 Å². The molecule has 0 bridgehead atoms. The van der Waals surface area contributed by atoms with Gasteiger partial charge in [-0.1, -0.05) is 6.07 Å². The van der Waals surface area contributed by atoms with Gasteiger partial charge in [-0.2, -0.15) is 5.10 Å². The maximum Gasteiger partial charge on any atom is 0.269 e. The molecule has 0 amide bonds. The van der Waals surface area contributed by atoms with Crippen LogP contribution in [0.4, 0.5) is 11.4 Å². The Morgan fingerprint density at radius 2 is 1.84 bits per heavy atom. The number of hydrogen-bond acceptors (Lipinski definition) is 4. The van der Waals surface area contributed by atoms with E-state index in [0.29, 0.717) is 6.67 Å². The molecule has 6 heteroatoms. The van der Waals surface area contributed by atoms with Crippen LogP contribution in [0, 0.1) is 24.0 Å². The lowest BCUT2D eigenvalue weighted by Gasteiger charge is -2.10. The van der Waals surface area contributed by atoms with Crippen LogP contribution in [-0.4, -0.2) is 14.7 Å². The summed E-state index contributed by atoms with van der Waals surface area (Å²) in [4.78, 5) is 10.6. The second-order valence-electron chi connectivity index (χ2n) is 6.41. The van der Waals surface area contributed by atoms with Gasteiger partial charge >= 0.3 is 0 Å². The Kier molecular flexibility index (Phi) is 3.53. The molecule has 4 rings (SSSR count). The molecule has 126 valence electrons. The molecule has 0 radical (unpaired) electrons. The predicted octanol–water partition coefficient (Wildman–Crippen LogP) is 4.05. The number of aryl methyl sites for hydroxylation is 2. The van der Waals surface area contributed by atoms with Crippen LogP contribution in [0.25, 0.3) is 11.1 Å². The topological polar surface area (TPSA) is 73.0 Å². The van der Waals surface area contributed by atoms with E-state index < -0.39 is 0 Å². The molecule has 1 aliphatic carbocycles. The Hall–Kier alpha value is -3.15. The van der Waals surface area contributed by atoms with E-state index in [2.05, 4.69) is 22.5 Å². The highest BCUT2D eigenvalue weighted by atomic mass is 16.6. The van der Waals surface area contributed by atoms with Crippen molar-refractivity contribution in [2.75, 3.05) is 5.32 Å². The third-order valence-electron chi connectivity index (χ3n) is 4.61. The summed E-state index contributed by atoms with van der Waals surface area (Å²) in [6.45, 7) is 4.63. The maximum absolute atomic E-state index is 11.0. The Labute approximate surface area is 145 Å². The maximum atomic E-state index is 11.0. The Bertz CT molecular complexity index is 991. The summed E-state index contributed by atoms with van der Waals surface area (Å²) < 4.78 is 1.93. The highest BCUT2D eigenvalue weighted by Gasteiger charge is 2.21. The normalized spacial score (nSPS) is 11.9. The second-order valence-corrected chi connectivity index (χ2v) is 6.41. The standard InChI is InChI=1S/C19H18N4O2/c1-12-7-13(2)22(21-12)11-20-16-3-5-18-14(9-16)8-15-10-17(23(24)25)4-6-19(15)18/h3-7,9-10,20H,8,11H2,1-2H3. The van der Waals surface area contributed by atoms with Crippen molar-refractivity contribution in [1.29, 1.82) is 0 Å². The first-order valence-electron chi connectivity index (χ1n) is 8.17. The van der Waals surface area contributed by atoms with Crippen molar-refractivity contribution in [3.63, 3.8) is 0 Å². The van der Waals surface area contributed by atoms with Gasteiger partial charge in [0.05, 0.1) is 10.6 Å². The highest BCUT2D eigenvalue weighted by Crippen LogP contribution is 2.39. The zero-order valence-corrected chi connectivity index (χ0v) is 14.1. The van der Waals surface area contributed by atoms with E-state index in [9.17, 15) is 10.1 Å². The molecule has 1 heterocycles. The molecule has 0 saturated heterocycles. The first-order chi connectivity index (χ1) is 12.0. The van der Waals surface area contributed by atoms with Crippen LogP contribution in [-0.2, 0) is 13.1 Å². The first kappa shape index (κ1) is 15.4. The minimum Gasteiger partial charge on any atom is -0.366 e. The SMILES string of the molecule is Cc1cc(C)n(CNc2ccc3c(c2)Cc2cc([N+](=O)[O-])ccc2-3)n1. The van der Waals surface area contributed by atoms with Crippen molar-refractivity contribution in [2.45, 2.75) is 26.9 Å². The summed E-state index contributed by atoms with van der Waals surface area (Å²) in [5.41, 5.74) is 7.74. The number of nitro benzene ring substituents is 1. The molecule has 0 spiro atoms. The number of aromatic nitrogens is 2. The van der Waals surface area contributed by atoms with Gasteiger partial charge in [0.25, 0.3) is 5.69 Å². The quantitative estimate of drug-likeness (QED) is 0.451. The summed E-state index contributed by atoms with van der Waals surface area (Å²) in [7, 11) is 0. The van der Waals surface area contributed by atoms with E-state index in [0.717, 1.165) is 40.2 Å². The van der Waals surface area contributed by atoms with Crippen molar-refractivity contribution in [2.24, 2.45) is 0 Å². The van der Waals surface area contributed by atoms with Crippen LogP contribution < -0.4 is 5.32 Å². The molecule has 0 atom stereocenters. The predicted molar refractivity (Wildman–Crippen MR) is 96.7 cm³/mol. The van der Waals surface area contributed by atoms with Gasteiger partial charge < -0.3 is 5.32 Å². The minimum atomic E-state index is -0.343. The molecule has 0 saturated carbocycles. The molecule has 2 aromatic carbocycles. The smallest absolute Gasteiger partial charge is 0.269 e. The van der Waals surface area contributed by atoms with Crippen LogP contribution in [0.15, 0.2) is 42.5 Å². The molecule has 25 heavy (non-hydrogen) atoms. The molecular weight excluding hydrogens is 316 g/mol. The van der Waals surface area contributed by atoms with Gasteiger partial charge in [-0.05, 0) is 66.8 Å². The number of nitrogens with one attached hydrogen (secondary N) is 1. The summed E-state index contributed by atoms with van der Waals surface area (Å²) >= 11 is 0. The van der Waals surface area contributed by atoms with Crippen molar-refractivity contribution >= 4 is 11.4 Å². The Morgan fingerprint density at radius 1 is 1.12 bits per heavy atom. The van der Waals surface area contributed by atoms with E-state index in [4.69, 9.17) is 0 Å². The minimum absolute atomic E-state index is 0.148. The first-order valence-corrected chi connectivity index (χ1v) is 8.17. The average molecular weight is 334 g/mol. The van der Waals surface area contributed by atoms with Gasteiger partial charge in [-0.3, -0.25) is 14.8 Å². The largest absolute Gasteiger partial charge is 0.366 e. The zero-order valence-electron chi connectivity index (χ0n) is 14.1. The van der Waals surface area contributed by atoms with Gasteiger partial charge in [0, 0.05) is 23.5 Å². The molecule has 3 aromatic rings. The number of non-ortho nitro benzene ring substituents is 1. The Balaban J connectivity index is 1.56. The number of rotatable bonds is 4. The fourth-order valence-electron chi connectivity index (χ4n) is 3.42. The summed E-state index contributed by atoms with van der Waals surface area (Å²) in [6.07, 6.45) is 0.724. The number of fused-ring (bicyclic) bond motifs is 3. The number of benzene rings is 2. The number of nitro groups is 1. The number of hydrogen-bond donors (Lipinski definition) is 1. The van der Waals surface area contributed by atoms with Gasteiger partial charge in [0.15, 0.2) is 0 Å². The van der Waals surface area contributed by atoms with E-state index in [-0.39, 0.29) is 10.6 Å². The monoisotopic (exact) mass is 334 g/mol. The van der Waals surface area contributed by atoms with Crippen LogP contribution in [0.2, 0.25) is 0 Å². The molecule has 1 aliphatic rings. The molecule has 1 aromatic heterocycles. The van der Waals surface area contributed by atoms with E-state index in [1.54, 1.807) is 12.1 Å². The lowest BCUT2D eigenvalue weighted by Crippen LogP contribution is -2.11. The Morgan fingerprint density at radius 3 is 2.52 bits per heavy atom. The lowest BCUT2D eigenvalue weighted by atomic mass is 10.1. The van der Waals surface area contributed by atoms with Crippen LogP contribution >= 0.6 is 0 Å². The second kappa shape index (κ2) is 5.73. The molecule has 1 N–H and O–H groups in total. The third kappa shape index (κ3) is 2.76. The van der Waals surface area contributed by atoms with E-state index in [1.165, 1.54) is 5.56 Å². The van der Waals surface area contributed by atoms with Crippen molar-refractivity contribution in [1.82, 2.24) is 9.78 Å². The fraction of sp³-hybridized carbons (Fsp3) is 0.211. The summed E-state index contributed by atoms with van der Waals surface area (Å²) in [5.74, 6) is 0. The van der Waals surface area contributed by atoms with Gasteiger partial charge in [0.2, 0.25) is 0 Å². The lowest BCUT2D eigenvalue weighted by molar-refractivity contribution is -0.384. The van der Waals surface area contributed by atoms with Crippen molar-refractivity contribution < 1.29 is 4.92 Å².